The number of nitrogens with zero attached hydrogens (tertiary/aromatic N) is 1. The quantitative estimate of drug-likeness (QED) is 0.794. The lowest BCUT2D eigenvalue weighted by Crippen LogP contribution is -2.63. The van der Waals surface area contributed by atoms with Crippen LogP contribution in [-0.2, 0) is 0 Å². The van der Waals surface area contributed by atoms with Crippen LogP contribution in [0.2, 0.25) is 0 Å². The Hall–Kier alpha value is -0.120. The van der Waals surface area contributed by atoms with E-state index in [1.54, 1.807) is 0 Å². The Labute approximate surface area is 114 Å². The van der Waals surface area contributed by atoms with Crippen LogP contribution in [-0.4, -0.2) is 34.9 Å². The van der Waals surface area contributed by atoms with Crippen LogP contribution >= 0.6 is 0 Å². The third-order valence-electron chi connectivity index (χ3n) is 3.70. The van der Waals surface area contributed by atoms with Gasteiger partial charge in [0.1, 0.15) is 0 Å². The van der Waals surface area contributed by atoms with Gasteiger partial charge in [-0.25, -0.2) is 0 Å². The van der Waals surface area contributed by atoms with E-state index in [1.807, 2.05) is 0 Å². The molecule has 0 saturated carbocycles. The molecule has 3 nitrogen and oxygen atoms in total. The maximum atomic E-state index is 3.73. The standard InChI is InChI=1S/C15H33N3/c1-13(2,3)17-15(6,7)18-11-9-8-10-14(4,5)16-12-18/h16-17H,8-12H2,1-7H3. The molecule has 3 heteroatoms. The molecule has 0 aliphatic carbocycles. The van der Waals surface area contributed by atoms with Crippen LogP contribution in [0, 0.1) is 0 Å². The minimum atomic E-state index is 0.0265. The van der Waals surface area contributed by atoms with E-state index in [-0.39, 0.29) is 16.7 Å². The average Bonchev–Trinajstić information content (AvgIpc) is 2.08. The molecule has 0 bridgehead atoms. The van der Waals surface area contributed by atoms with Gasteiger partial charge in [0.05, 0.1) is 12.3 Å². The lowest BCUT2D eigenvalue weighted by Gasteiger charge is -2.46. The van der Waals surface area contributed by atoms with Crippen LogP contribution in [0.3, 0.4) is 0 Å². The molecular weight excluding hydrogens is 222 g/mol. The van der Waals surface area contributed by atoms with Crippen molar-refractivity contribution in [1.29, 1.82) is 0 Å². The summed E-state index contributed by atoms with van der Waals surface area (Å²) in [4.78, 5) is 2.53. The first-order chi connectivity index (χ1) is 8.02. The first-order valence-corrected chi connectivity index (χ1v) is 7.31. The summed E-state index contributed by atoms with van der Waals surface area (Å²) in [5.41, 5.74) is 0.427. The minimum absolute atomic E-state index is 0.0265. The van der Waals surface area contributed by atoms with E-state index in [2.05, 4.69) is 64.0 Å². The molecule has 1 heterocycles. The second-order valence-corrected chi connectivity index (χ2v) is 7.87. The van der Waals surface area contributed by atoms with Crippen molar-refractivity contribution in [3.05, 3.63) is 0 Å². The van der Waals surface area contributed by atoms with Gasteiger partial charge >= 0.3 is 0 Å². The van der Waals surface area contributed by atoms with Crippen LogP contribution < -0.4 is 10.6 Å². The van der Waals surface area contributed by atoms with E-state index < -0.39 is 0 Å². The van der Waals surface area contributed by atoms with Gasteiger partial charge in [0, 0.05) is 17.6 Å². The molecule has 18 heavy (non-hydrogen) atoms. The van der Waals surface area contributed by atoms with Gasteiger partial charge in [0.25, 0.3) is 0 Å². The maximum absolute atomic E-state index is 3.73. The van der Waals surface area contributed by atoms with Crippen molar-refractivity contribution >= 4 is 0 Å². The molecule has 1 fully saturated rings. The molecule has 0 unspecified atom stereocenters. The van der Waals surface area contributed by atoms with Gasteiger partial charge in [-0.1, -0.05) is 6.42 Å². The van der Waals surface area contributed by atoms with E-state index >= 15 is 0 Å². The first-order valence-electron chi connectivity index (χ1n) is 7.31. The Morgan fingerprint density at radius 3 is 2.22 bits per heavy atom. The zero-order chi connectivity index (χ0) is 14.0. The second-order valence-electron chi connectivity index (χ2n) is 7.87. The normalized spacial score (nSPS) is 23.5. The van der Waals surface area contributed by atoms with Gasteiger partial charge in [-0.15, -0.1) is 0 Å². The van der Waals surface area contributed by atoms with Crippen LogP contribution in [0.25, 0.3) is 0 Å². The summed E-state index contributed by atoms with van der Waals surface area (Å²) in [5, 5.41) is 7.42. The van der Waals surface area contributed by atoms with Crippen LogP contribution in [0.5, 0.6) is 0 Å². The highest BCUT2D eigenvalue weighted by Gasteiger charge is 2.32. The third kappa shape index (κ3) is 5.25. The Morgan fingerprint density at radius 1 is 1.06 bits per heavy atom. The van der Waals surface area contributed by atoms with Gasteiger partial charge in [0.15, 0.2) is 0 Å². The molecule has 0 aromatic carbocycles. The number of rotatable bonds is 2. The zero-order valence-corrected chi connectivity index (χ0v) is 13.5. The Balaban J connectivity index is 2.68. The lowest BCUT2D eigenvalue weighted by molar-refractivity contribution is 0.0359. The predicted octanol–water partition coefficient (Wildman–Crippen LogP) is 2.92. The number of hydrogen-bond acceptors (Lipinski definition) is 3. The molecule has 0 spiro atoms. The molecule has 2 N–H and O–H groups in total. The smallest absolute Gasteiger partial charge is 0.0669 e. The van der Waals surface area contributed by atoms with Gasteiger partial charge in [-0.05, 0) is 61.3 Å². The summed E-state index contributed by atoms with van der Waals surface area (Å²) in [6.07, 6.45) is 3.87. The Kier molecular flexibility index (Phi) is 4.85. The van der Waals surface area contributed by atoms with Crippen molar-refractivity contribution in [1.82, 2.24) is 15.5 Å². The van der Waals surface area contributed by atoms with E-state index in [1.165, 1.54) is 25.8 Å². The second kappa shape index (κ2) is 5.48. The van der Waals surface area contributed by atoms with Crippen molar-refractivity contribution in [3.8, 4) is 0 Å². The maximum Gasteiger partial charge on any atom is 0.0669 e. The molecule has 0 radical (unpaired) electrons. The summed E-state index contributed by atoms with van der Waals surface area (Å²) in [5.74, 6) is 0. The highest BCUT2D eigenvalue weighted by molar-refractivity contribution is 4.88. The van der Waals surface area contributed by atoms with Crippen LogP contribution in [0.1, 0.15) is 67.7 Å². The fourth-order valence-corrected chi connectivity index (χ4v) is 2.82. The van der Waals surface area contributed by atoms with Crippen molar-refractivity contribution < 1.29 is 0 Å². The van der Waals surface area contributed by atoms with Crippen molar-refractivity contribution in [2.24, 2.45) is 0 Å². The third-order valence-corrected chi connectivity index (χ3v) is 3.70. The fourth-order valence-electron chi connectivity index (χ4n) is 2.82. The Bertz CT molecular complexity index is 263. The van der Waals surface area contributed by atoms with E-state index in [4.69, 9.17) is 0 Å². The Morgan fingerprint density at radius 2 is 1.67 bits per heavy atom. The van der Waals surface area contributed by atoms with E-state index in [9.17, 15) is 0 Å². The van der Waals surface area contributed by atoms with Gasteiger partial charge in [-0.3, -0.25) is 15.5 Å². The highest BCUT2D eigenvalue weighted by Crippen LogP contribution is 2.21. The van der Waals surface area contributed by atoms with E-state index in [0.29, 0.717) is 0 Å². The molecule has 0 amide bonds. The highest BCUT2D eigenvalue weighted by atomic mass is 15.4. The fraction of sp³-hybridized carbons (Fsp3) is 1.00. The van der Waals surface area contributed by atoms with Crippen molar-refractivity contribution in [2.45, 2.75) is 84.5 Å². The van der Waals surface area contributed by atoms with Crippen molar-refractivity contribution in [2.75, 3.05) is 13.2 Å². The van der Waals surface area contributed by atoms with Crippen LogP contribution in [0.4, 0.5) is 0 Å². The molecule has 0 atom stereocenters. The van der Waals surface area contributed by atoms with Crippen molar-refractivity contribution in [3.63, 3.8) is 0 Å². The molecular formula is C15H33N3. The monoisotopic (exact) mass is 255 g/mol. The molecule has 1 aliphatic rings. The van der Waals surface area contributed by atoms with Crippen LogP contribution in [0.15, 0.2) is 0 Å². The number of nitrogens with one attached hydrogen (secondary N) is 2. The van der Waals surface area contributed by atoms with E-state index in [0.717, 1.165) is 6.67 Å². The molecule has 0 aromatic rings. The molecule has 1 rings (SSSR count). The van der Waals surface area contributed by atoms with Gasteiger partial charge in [-0.2, -0.15) is 0 Å². The molecule has 1 saturated heterocycles. The lowest BCUT2D eigenvalue weighted by atomic mass is 9.95. The largest absolute Gasteiger partial charge is 0.299 e. The van der Waals surface area contributed by atoms with Gasteiger partial charge < -0.3 is 0 Å². The average molecular weight is 255 g/mol. The molecule has 1 aliphatic heterocycles. The summed E-state index contributed by atoms with van der Waals surface area (Å²) >= 11 is 0. The number of hydrogen-bond donors (Lipinski definition) is 2. The first kappa shape index (κ1) is 15.9. The predicted molar refractivity (Wildman–Crippen MR) is 79.6 cm³/mol. The molecule has 0 aromatic heterocycles. The SMILES string of the molecule is CC(C)(C)NC(C)(C)N1CCCCC(C)(C)NC1. The summed E-state index contributed by atoms with van der Waals surface area (Å²) < 4.78 is 0. The summed E-state index contributed by atoms with van der Waals surface area (Å²) in [7, 11) is 0. The summed E-state index contributed by atoms with van der Waals surface area (Å²) in [6, 6.07) is 0. The minimum Gasteiger partial charge on any atom is -0.299 e. The van der Waals surface area contributed by atoms with Gasteiger partial charge in [0.2, 0.25) is 0 Å². The topological polar surface area (TPSA) is 27.3 Å². The zero-order valence-electron chi connectivity index (χ0n) is 13.5. The summed E-state index contributed by atoms with van der Waals surface area (Å²) in [6.45, 7) is 18.0. The molecule has 108 valence electrons.